The number of aromatic nitrogens is 4. The van der Waals surface area contributed by atoms with E-state index in [2.05, 4.69) is 70.9 Å². The lowest BCUT2D eigenvalue weighted by atomic mass is 10.2. The van der Waals surface area contributed by atoms with E-state index in [1.54, 1.807) is 18.2 Å². The highest BCUT2D eigenvalue weighted by Crippen LogP contribution is 2.37. The third kappa shape index (κ3) is 5.22. The first-order valence-electron chi connectivity index (χ1n) is 9.43. The standard InChI is InChI=1S/C20H21ClFN5OS4/c1-4-27-17(24-16(26-27)12-5-6-14(21)15(22)9-12)19(29,30)18(28)25-20(31,32)13-7-10(2)23-11(3)8-13/h5-9,29-32H,4H2,1-3H3,(H,25,28). The van der Waals surface area contributed by atoms with E-state index < -0.39 is 20.0 Å². The van der Waals surface area contributed by atoms with Crippen molar-refractivity contribution in [3.8, 4) is 11.4 Å². The molecule has 0 bridgehead atoms. The van der Waals surface area contributed by atoms with E-state index in [0.29, 0.717) is 17.7 Å². The van der Waals surface area contributed by atoms with Gasteiger partial charge in [-0.3, -0.25) is 9.78 Å². The van der Waals surface area contributed by atoms with Gasteiger partial charge in [-0.1, -0.05) is 11.6 Å². The lowest BCUT2D eigenvalue weighted by Crippen LogP contribution is -2.45. The van der Waals surface area contributed by atoms with Gasteiger partial charge < -0.3 is 5.32 Å². The summed E-state index contributed by atoms with van der Waals surface area (Å²) in [5, 5.41) is 7.09. The Hall–Kier alpha value is -1.40. The number of carbonyl (C=O) groups is 1. The molecule has 1 amide bonds. The molecular formula is C20H21ClFN5OS4. The maximum Gasteiger partial charge on any atom is 0.255 e. The van der Waals surface area contributed by atoms with Crippen LogP contribution < -0.4 is 5.32 Å². The van der Waals surface area contributed by atoms with E-state index in [0.717, 1.165) is 11.4 Å². The van der Waals surface area contributed by atoms with E-state index in [1.807, 2.05) is 20.8 Å². The van der Waals surface area contributed by atoms with Gasteiger partial charge >= 0.3 is 0 Å². The van der Waals surface area contributed by atoms with Gasteiger partial charge in [-0.15, -0.1) is 50.5 Å². The summed E-state index contributed by atoms with van der Waals surface area (Å²) in [4.78, 5) is 21.9. The average Bonchev–Trinajstić information content (AvgIpc) is 3.14. The Kier molecular flexibility index (Phi) is 7.45. The van der Waals surface area contributed by atoms with Gasteiger partial charge in [-0.05, 0) is 51.1 Å². The van der Waals surface area contributed by atoms with Crippen molar-refractivity contribution in [1.82, 2.24) is 25.1 Å². The number of hydrogen-bond donors (Lipinski definition) is 5. The van der Waals surface area contributed by atoms with Gasteiger partial charge in [0.1, 0.15) is 5.82 Å². The van der Waals surface area contributed by atoms with Crippen LogP contribution in [0.1, 0.15) is 29.7 Å². The highest BCUT2D eigenvalue weighted by Gasteiger charge is 2.41. The number of thiol groups is 4. The third-order valence-corrected chi connectivity index (χ3v) is 6.40. The quantitative estimate of drug-likeness (QED) is 0.240. The fraction of sp³-hybridized carbons (Fsp3) is 0.300. The molecule has 3 rings (SSSR count). The minimum Gasteiger partial charge on any atom is -0.327 e. The van der Waals surface area contributed by atoms with Gasteiger partial charge in [0.2, 0.25) is 0 Å². The molecule has 1 N–H and O–H groups in total. The predicted octanol–water partition coefficient (Wildman–Crippen LogP) is 4.57. The fourth-order valence-electron chi connectivity index (χ4n) is 3.03. The summed E-state index contributed by atoms with van der Waals surface area (Å²) in [5.74, 6) is -0.843. The summed E-state index contributed by atoms with van der Waals surface area (Å²) in [6, 6.07) is 7.76. The first-order valence-corrected chi connectivity index (χ1v) is 11.6. The summed E-state index contributed by atoms with van der Waals surface area (Å²) < 4.78 is 12.4. The average molecular weight is 530 g/mol. The number of halogens is 2. The minimum atomic E-state index is -1.69. The molecular weight excluding hydrogens is 509 g/mol. The van der Waals surface area contributed by atoms with Crippen molar-refractivity contribution >= 4 is 68.0 Å². The molecule has 0 aliphatic carbocycles. The zero-order valence-electron chi connectivity index (χ0n) is 17.3. The van der Waals surface area contributed by atoms with Crippen LogP contribution in [0.25, 0.3) is 11.4 Å². The van der Waals surface area contributed by atoms with Crippen LogP contribution in [-0.4, -0.2) is 25.7 Å². The second-order valence-electron chi connectivity index (χ2n) is 7.14. The molecule has 0 fully saturated rings. The molecule has 0 atom stereocenters. The first-order chi connectivity index (χ1) is 14.8. The van der Waals surface area contributed by atoms with Crippen LogP contribution >= 0.6 is 62.1 Å². The second kappa shape index (κ2) is 9.46. The van der Waals surface area contributed by atoms with Crippen molar-refractivity contribution in [3.63, 3.8) is 0 Å². The van der Waals surface area contributed by atoms with Crippen LogP contribution in [0.2, 0.25) is 5.02 Å². The molecule has 0 saturated carbocycles. The molecule has 3 aromatic rings. The number of pyridine rings is 1. The third-order valence-electron chi connectivity index (χ3n) is 4.55. The number of nitrogens with one attached hydrogen (secondary N) is 1. The Morgan fingerprint density at radius 1 is 1.12 bits per heavy atom. The molecule has 0 spiro atoms. The Morgan fingerprint density at radius 2 is 1.75 bits per heavy atom. The zero-order valence-corrected chi connectivity index (χ0v) is 21.7. The molecule has 0 radical (unpaired) electrons. The Balaban J connectivity index is 1.94. The molecule has 170 valence electrons. The van der Waals surface area contributed by atoms with Crippen molar-refractivity contribution in [2.24, 2.45) is 0 Å². The normalized spacial score (nSPS) is 12.2. The molecule has 12 heteroatoms. The molecule has 2 heterocycles. The molecule has 1 aromatic carbocycles. The Labute approximate surface area is 212 Å². The van der Waals surface area contributed by atoms with Crippen molar-refractivity contribution in [1.29, 1.82) is 0 Å². The van der Waals surface area contributed by atoms with Gasteiger partial charge in [-0.25, -0.2) is 14.1 Å². The molecule has 6 nitrogen and oxygen atoms in total. The number of benzene rings is 1. The largest absolute Gasteiger partial charge is 0.327 e. The van der Waals surface area contributed by atoms with E-state index in [-0.39, 0.29) is 16.7 Å². The molecule has 2 aromatic heterocycles. The maximum absolute atomic E-state index is 13.9. The molecule has 0 aliphatic rings. The highest BCUT2D eigenvalue weighted by atomic mass is 35.5. The van der Waals surface area contributed by atoms with Gasteiger partial charge in [0.25, 0.3) is 5.91 Å². The number of aryl methyl sites for hydroxylation is 3. The Bertz CT molecular complexity index is 1160. The fourth-order valence-corrected chi connectivity index (χ4v) is 4.05. The zero-order chi connectivity index (χ0) is 23.8. The second-order valence-corrected chi connectivity index (χ2v) is 10.9. The van der Waals surface area contributed by atoms with Gasteiger partial charge in [0.05, 0.1) is 5.02 Å². The number of nitrogens with zero attached hydrogens (tertiary/aromatic N) is 4. The lowest BCUT2D eigenvalue weighted by Gasteiger charge is -2.29. The molecule has 32 heavy (non-hydrogen) atoms. The topological polar surface area (TPSA) is 72.7 Å². The van der Waals surface area contributed by atoms with Gasteiger partial charge in [0, 0.05) is 29.1 Å². The summed E-state index contributed by atoms with van der Waals surface area (Å²) in [7, 11) is 0. The number of carbonyl (C=O) groups excluding carboxylic acids is 1. The van der Waals surface area contributed by atoms with Crippen molar-refractivity contribution in [3.05, 3.63) is 63.9 Å². The summed E-state index contributed by atoms with van der Waals surface area (Å²) >= 11 is 23.8. The smallest absolute Gasteiger partial charge is 0.255 e. The minimum absolute atomic E-state index is 0.0125. The van der Waals surface area contributed by atoms with E-state index in [1.165, 1.54) is 16.8 Å². The summed E-state index contributed by atoms with van der Waals surface area (Å²) in [5.41, 5.74) is 2.55. The number of amides is 1. The van der Waals surface area contributed by atoms with Crippen LogP contribution in [0.15, 0.2) is 30.3 Å². The van der Waals surface area contributed by atoms with Crippen molar-refractivity contribution in [2.45, 2.75) is 35.6 Å². The van der Waals surface area contributed by atoms with Gasteiger partial charge in [-0.2, -0.15) is 5.10 Å². The van der Waals surface area contributed by atoms with E-state index >= 15 is 0 Å². The Morgan fingerprint density at radius 3 is 2.31 bits per heavy atom. The SMILES string of the molecule is CCn1nc(-c2ccc(Cl)c(F)c2)nc1C(S)(S)C(=O)NC(S)(S)c1cc(C)nc(C)c1. The number of rotatable bonds is 6. The van der Waals surface area contributed by atoms with Crippen LogP contribution in [-0.2, 0) is 19.6 Å². The van der Waals surface area contributed by atoms with Crippen LogP contribution in [0, 0.1) is 19.7 Å². The van der Waals surface area contributed by atoms with E-state index in [4.69, 9.17) is 11.6 Å². The summed E-state index contributed by atoms with van der Waals surface area (Å²) in [6.45, 7) is 5.87. The molecule has 0 unspecified atom stereocenters. The highest BCUT2D eigenvalue weighted by molar-refractivity contribution is 8.01. The van der Waals surface area contributed by atoms with Crippen LogP contribution in [0.4, 0.5) is 4.39 Å². The van der Waals surface area contributed by atoms with Crippen molar-refractivity contribution < 1.29 is 9.18 Å². The first kappa shape index (κ1) is 25.2. The van der Waals surface area contributed by atoms with Crippen LogP contribution in [0.3, 0.4) is 0 Å². The van der Waals surface area contributed by atoms with Gasteiger partial charge in [0.15, 0.2) is 19.9 Å². The molecule has 0 saturated heterocycles. The monoisotopic (exact) mass is 529 g/mol. The summed E-state index contributed by atoms with van der Waals surface area (Å²) in [6.07, 6.45) is 0. The number of hydrogen-bond acceptors (Lipinski definition) is 8. The van der Waals surface area contributed by atoms with Crippen LogP contribution in [0.5, 0.6) is 0 Å². The van der Waals surface area contributed by atoms with E-state index in [9.17, 15) is 9.18 Å². The predicted molar refractivity (Wildman–Crippen MR) is 137 cm³/mol. The molecule has 0 aliphatic heterocycles. The van der Waals surface area contributed by atoms with Crippen molar-refractivity contribution in [2.75, 3.05) is 0 Å². The lowest BCUT2D eigenvalue weighted by molar-refractivity contribution is -0.122. The maximum atomic E-state index is 13.9.